The predicted molar refractivity (Wildman–Crippen MR) is 56.5 cm³/mol. The molecule has 1 aliphatic heterocycles. The minimum atomic E-state index is 0.258. The molecule has 0 atom stereocenters. The lowest BCUT2D eigenvalue weighted by molar-refractivity contribution is 0.179. The highest BCUT2D eigenvalue weighted by Crippen LogP contribution is 2.09. The molecule has 0 aromatic rings. The number of amidine groups is 1. The first kappa shape index (κ1) is 10.4. The van der Waals surface area contributed by atoms with Crippen LogP contribution in [0.25, 0.3) is 0 Å². The standard InChI is InChI=1S/C7H15N5S/c1-5(2)9-6-4-7(13-3)11-12(8)10-6/h4-5,11H,8H2,1-3H3,(H,9,10). The summed E-state index contributed by atoms with van der Waals surface area (Å²) in [5.74, 6) is 6.32. The van der Waals surface area contributed by atoms with Crippen molar-refractivity contribution in [2.75, 3.05) is 6.26 Å². The SMILES string of the molecule is CSC1=CC(=NC(C)C)NN(N)N1. The Morgan fingerprint density at radius 1 is 1.54 bits per heavy atom. The van der Waals surface area contributed by atoms with E-state index < -0.39 is 0 Å². The highest BCUT2D eigenvalue weighted by molar-refractivity contribution is 8.02. The number of rotatable bonds is 2. The number of nitrogens with one attached hydrogen (secondary N) is 2. The van der Waals surface area contributed by atoms with E-state index in [9.17, 15) is 0 Å². The van der Waals surface area contributed by atoms with Crippen molar-refractivity contribution in [1.29, 1.82) is 0 Å². The maximum absolute atomic E-state index is 5.54. The predicted octanol–water partition coefficient (Wildman–Crippen LogP) is 0.196. The molecule has 4 N–H and O–H groups in total. The number of hydrazine groups is 3. The molecule has 0 aliphatic carbocycles. The van der Waals surface area contributed by atoms with Crippen molar-refractivity contribution in [3.05, 3.63) is 11.1 Å². The Kier molecular flexibility index (Phi) is 3.58. The Morgan fingerprint density at radius 3 is 2.77 bits per heavy atom. The van der Waals surface area contributed by atoms with E-state index in [-0.39, 0.29) is 6.04 Å². The number of nitrogens with two attached hydrogens (primary N) is 1. The van der Waals surface area contributed by atoms with Gasteiger partial charge in [0, 0.05) is 12.1 Å². The molecule has 0 radical (unpaired) electrons. The van der Waals surface area contributed by atoms with Crippen molar-refractivity contribution in [2.24, 2.45) is 10.8 Å². The Labute approximate surface area is 82.4 Å². The first-order valence-corrected chi connectivity index (χ1v) is 5.26. The van der Waals surface area contributed by atoms with Gasteiger partial charge in [-0.25, -0.2) is 5.84 Å². The van der Waals surface area contributed by atoms with Gasteiger partial charge in [0.1, 0.15) is 5.84 Å². The molecule has 0 saturated carbocycles. The molecule has 5 nitrogen and oxygen atoms in total. The zero-order valence-corrected chi connectivity index (χ0v) is 8.85. The lowest BCUT2D eigenvalue weighted by atomic mass is 10.4. The Bertz CT molecular complexity index is 235. The molecule has 1 heterocycles. The van der Waals surface area contributed by atoms with Crippen molar-refractivity contribution in [1.82, 2.24) is 16.1 Å². The Hall–Kier alpha value is -0.720. The first-order chi connectivity index (χ1) is 6.11. The van der Waals surface area contributed by atoms with E-state index in [2.05, 4.69) is 15.8 Å². The van der Waals surface area contributed by atoms with Gasteiger partial charge in [-0.2, -0.15) is 0 Å². The highest BCUT2D eigenvalue weighted by atomic mass is 32.2. The molecular formula is C7H15N5S. The van der Waals surface area contributed by atoms with Crippen LogP contribution in [0.2, 0.25) is 0 Å². The number of hydrogen-bond acceptors (Lipinski definition) is 5. The molecule has 74 valence electrons. The fourth-order valence-electron chi connectivity index (χ4n) is 0.908. The summed E-state index contributed by atoms with van der Waals surface area (Å²) in [4.78, 5) is 4.34. The van der Waals surface area contributed by atoms with E-state index in [1.165, 1.54) is 5.23 Å². The molecule has 0 saturated heterocycles. The van der Waals surface area contributed by atoms with Gasteiger partial charge in [-0.3, -0.25) is 15.8 Å². The number of aliphatic imine (C=N–C) groups is 1. The van der Waals surface area contributed by atoms with Crippen LogP contribution < -0.4 is 16.7 Å². The largest absolute Gasteiger partial charge is 0.281 e. The molecule has 0 fully saturated rings. The van der Waals surface area contributed by atoms with Gasteiger partial charge in [-0.1, -0.05) is 5.23 Å². The van der Waals surface area contributed by atoms with E-state index in [1.807, 2.05) is 26.2 Å². The van der Waals surface area contributed by atoms with Gasteiger partial charge in [0.15, 0.2) is 0 Å². The van der Waals surface area contributed by atoms with Gasteiger partial charge in [0.05, 0.1) is 5.03 Å². The van der Waals surface area contributed by atoms with Crippen molar-refractivity contribution >= 4 is 17.6 Å². The third kappa shape index (κ3) is 3.25. The second kappa shape index (κ2) is 4.50. The zero-order valence-electron chi connectivity index (χ0n) is 8.03. The minimum Gasteiger partial charge on any atom is -0.281 e. The smallest absolute Gasteiger partial charge is 0.140 e. The normalized spacial score (nSPS) is 21.3. The molecule has 0 bridgehead atoms. The van der Waals surface area contributed by atoms with Crippen LogP contribution in [0.3, 0.4) is 0 Å². The van der Waals surface area contributed by atoms with Crippen LogP contribution in [-0.4, -0.2) is 23.4 Å². The fraction of sp³-hybridized carbons (Fsp3) is 0.571. The summed E-state index contributed by atoms with van der Waals surface area (Å²) in [6.45, 7) is 4.04. The number of thioether (sulfide) groups is 1. The van der Waals surface area contributed by atoms with E-state index in [0.29, 0.717) is 0 Å². The zero-order chi connectivity index (χ0) is 9.84. The van der Waals surface area contributed by atoms with Gasteiger partial charge in [-0.15, -0.1) is 11.8 Å². The molecule has 0 aromatic heterocycles. The summed E-state index contributed by atoms with van der Waals surface area (Å²) in [7, 11) is 0. The monoisotopic (exact) mass is 201 g/mol. The fourth-order valence-corrected chi connectivity index (χ4v) is 1.33. The topological polar surface area (TPSA) is 65.7 Å². The summed E-state index contributed by atoms with van der Waals surface area (Å²) in [6.07, 6.45) is 3.90. The van der Waals surface area contributed by atoms with Gasteiger partial charge in [0.2, 0.25) is 0 Å². The van der Waals surface area contributed by atoms with Crippen molar-refractivity contribution in [2.45, 2.75) is 19.9 Å². The molecule has 1 rings (SSSR count). The van der Waals surface area contributed by atoms with Crippen LogP contribution in [0, 0.1) is 0 Å². The van der Waals surface area contributed by atoms with Crippen molar-refractivity contribution in [3.8, 4) is 0 Å². The minimum absolute atomic E-state index is 0.258. The lowest BCUT2D eigenvalue weighted by Crippen LogP contribution is -2.57. The van der Waals surface area contributed by atoms with Gasteiger partial charge < -0.3 is 0 Å². The summed E-state index contributed by atoms with van der Waals surface area (Å²) in [5.41, 5.74) is 5.78. The molecule has 6 heteroatoms. The van der Waals surface area contributed by atoms with Crippen LogP contribution in [0.5, 0.6) is 0 Å². The Balaban J connectivity index is 2.76. The molecule has 0 unspecified atom stereocenters. The lowest BCUT2D eigenvalue weighted by Gasteiger charge is -2.26. The van der Waals surface area contributed by atoms with E-state index in [0.717, 1.165) is 10.9 Å². The maximum Gasteiger partial charge on any atom is 0.140 e. The van der Waals surface area contributed by atoms with Crippen molar-refractivity contribution in [3.63, 3.8) is 0 Å². The Morgan fingerprint density at radius 2 is 2.23 bits per heavy atom. The van der Waals surface area contributed by atoms with Crippen molar-refractivity contribution < 1.29 is 0 Å². The first-order valence-electron chi connectivity index (χ1n) is 4.03. The summed E-state index contributed by atoms with van der Waals surface area (Å²) in [6, 6.07) is 0.258. The molecule has 0 spiro atoms. The van der Waals surface area contributed by atoms with Crippen LogP contribution in [0.1, 0.15) is 13.8 Å². The van der Waals surface area contributed by atoms with Crippen LogP contribution in [0.15, 0.2) is 16.1 Å². The van der Waals surface area contributed by atoms with Crippen LogP contribution >= 0.6 is 11.8 Å². The molecular weight excluding hydrogens is 186 g/mol. The number of hydrogen-bond donors (Lipinski definition) is 3. The summed E-state index contributed by atoms with van der Waals surface area (Å²) >= 11 is 1.59. The maximum atomic E-state index is 5.54. The van der Waals surface area contributed by atoms with Crippen LogP contribution in [-0.2, 0) is 0 Å². The molecule has 0 aromatic carbocycles. The molecule has 13 heavy (non-hydrogen) atoms. The average molecular weight is 201 g/mol. The van der Waals surface area contributed by atoms with E-state index in [1.54, 1.807) is 11.8 Å². The third-order valence-electron chi connectivity index (χ3n) is 1.35. The van der Waals surface area contributed by atoms with Gasteiger partial charge >= 0.3 is 0 Å². The summed E-state index contributed by atoms with van der Waals surface area (Å²) < 4.78 is 0. The second-order valence-electron chi connectivity index (χ2n) is 2.91. The molecule has 0 amide bonds. The van der Waals surface area contributed by atoms with E-state index in [4.69, 9.17) is 5.84 Å². The summed E-state index contributed by atoms with van der Waals surface area (Å²) in [5, 5.41) is 2.27. The number of nitrogens with zero attached hydrogens (tertiary/aromatic N) is 2. The van der Waals surface area contributed by atoms with Crippen LogP contribution in [0.4, 0.5) is 0 Å². The second-order valence-corrected chi connectivity index (χ2v) is 3.76. The molecule has 1 aliphatic rings. The van der Waals surface area contributed by atoms with Gasteiger partial charge in [0.25, 0.3) is 0 Å². The third-order valence-corrected chi connectivity index (χ3v) is 2.00. The van der Waals surface area contributed by atoms with E-state index >= 15 is 0 Å². The highest BCUT2D eigenvalue weighted by Gasteiger charge is 2.10. The van der Waals surface area contributed by atoms with Gasteiger partial charge in [-0.05, 0) is 20.1 Å². The average Bonchev–Trinajstić information content (AvgIpc) is 2.01. The quantitative estimate of drug-likeness (QED) is 0.557.